The lowest BCUT2D eigenvalue weighted by molar-refractivity contribution is 0.311. The largest absolute Gasteiger partial charge is 0.383 e. The van der Waals surface area contributed by atoms with Crippen LogP contribution in [0.3, 0.4) is 0 Å². The van der Waals surface area contributed by atoms with Gasteiger partial charge in [-0.15, -0.1) is 0 Å². The van der Waals surface area contributed by atoms with Crippen molar-refractivity contribution in [1.29, 1.82) is 0 Å². The first-order chi connectivity index (χ1) is 15.7. The zero-order chi connectivity index (χ0) is 23.9. The van der Waals surface area contributed by atoms with Gasteiger partial charge in [0.15, 0.2) is 0 Å². The Bertz CT molecular complexity index is 1040. The first-order valence-electron chi connectivity index (χ1n) is 13.7. The van der Waals surface area contributed by atoms with Crippen molar-refractivity contribution in [3.63, 3.8) is 0 Å². The predicted molar refractivity (Wildman–Crippen MR) is 137 cm³/mol. The average Bonchev–Trinajstić information content (AvgIpc) is 3.19. The van der Waals surface area contributed by atoms with Gasteiger partial charge in [0, 0.05) is 0 Å². The molecule has 0 amide bonds. The Balaban J connectivity index is 2.18. The lowest BCUT2D eigenvalue weighted by atomic mass is 9.95. The van der Waals surface area contributed by atoms with Gasteiger partial charge in [0.25, 0.3) is 0 Å². The summed E-state index contributed by atoms with van der Waals surface area (Å²) in [6.07, 6.45) is 13.3. The van der Waals surface area contributed by atoms with E-state index in [0.717, 1.165) is 5.62 Å². The van der Waals surface area contributed by atoms with Crippen LogP contribution in [0.5, 0.6) is 0 Å². The highest BCUT2D eigenvalue weighted by atomic mass is 15.3. The molecule has 0 aliphatic heterocycles. The second-order valence-corrected chi connectivity index (χ2v) is 11.3. The normalized spacial score (nSPS) is 18.5. The predicted octanol–water partition coefficient (Wildman–Crippen LogP) is 5.87. The molecule has 2 aliphatic rings. The van der Waals surface area contributed by atoms with E-state index in [4.69, 9.17) is 4.67 Å². The van der Waals surface area contributed by atoms with Gasteiger partial charge in [0.05, 0.1) is 46.9 Å². The fourth-order valence-corrected chi connectivity index (χ4v) is 6.62. The molecule has 2 fully saturated rings. The maximum atomic E-state index is 5.65. The van der Waals surface area contributed by atoms with Crippen LogP contribution in [-0.4, -0.2) is 18.3 Å². The van der Waals surface area contributed by atoms with Crippen LogP contribution in [0.25, 0.3) is 0 Å². The van der Waals surface area contributed by atoms with Gasteiger partial charge in [-0.1, -0.05) is 38.5 Å². The quantitative estimate of drug-likeness (QED) is 0.518. The number of imidazole rings is 2. The van der Waals surface area contributed by atoms with Crippen molar-refractivity contribution in [1.82, 2.24) is 22.9 Å². The smallest absolute Gasteiger partial charge is 0.250 e. The van der Waals surface area contributed by atoms with E-state index in [9.17, 15) is 0 Å². The van der Waals surface area contributed by atoms with E-state index in [2.05, 4.69) is 73.7 Å². The summed E-state index contributed by atoms with van der Waals surface area (Å²) in [6, 6.07) is 1.92. The van der Waals surface area contributed by atoms with Crippen molar-refractivity contribution in [3.05, 3.63) is 34.0 Å². The van der Waals surface area contributed by atoms with Crippen molar-refractivity contribution < 1.29 is 0 Å². The molecule has 0 bridgehead atoms. The molecular formula is C28H48N5+. The first-order valence-corrected chi connectivity index (χ1v) is 13.7. The van der Waals surface area contributed by atoms with Crippen LogP contribution in [0.2, 0.25) is 0 Å². The molecule has 5 heteroatoms. The van der Waals surface area contributed by atoms with Crippen molar-refractivity contribution in [2.45, 2.75) is 144 Å². The van der Waals surface area contributed by atoms with Crippen LogP contribution in [-0.2, 0) is 0 Å². The summed E-state index contributed by atoms with van der Waals surface area (Å²) in [4.78, 5) is 0. The minimum atomic E-state index is 0.380. The third-order valence-corrected chi connectivity index (χ3v) is 8.47. The highest BCUT2D eigenvalue weighted by molar-refractivity contribution is 5.15. The zero-order valence-electron chi connectivity index (χ0n) is 22.6. The number of hydrogen-bond acceptors (Lipinski definition) is 0. The van der Waals surface area contributed by atoms with Crippen LogP contribution in [0.1, 0.15) is 139 Å². The monoisotopic (exact) mass is 454 g/mol. The molecule has 0 saturated heterocycles. The Kier molecular flexibility index (Phi) is 7.19. The lowest BCUT2D eigenvalue weighted by Gasteiger charge is -2.23. The molecule has 33 heavy (non-hydrogen) atoms. The summed E-state index contributed by atoms with van der Waals surface area (Å²) in [7, 11) is 0. The Morgan fingerprint density at radius 2 is 0.909 bits per heavy atom. The van der Waals surface area contributed by atoms with E-state index in [1.54, 1.807) is 0 Å². The molecule has 0 aromatic carbocycles. The first kappa shape index (κ1) is 24.3. The Labute approximate surface area is 200 Å². The van der Waals surface area contributed by atoms with Crippen molar-refractivity contribution in [2.75, 3.05) is 0 Å². The van der Waals surface area contributed by atoms with Crippen LogP contribution in [0, 0.1) is 27.7 Å². The van der Waals surface area contributed by atoms with E-state index in [0.29, 0.717) is 24.2 Å². The SMILES string of the molecule is Cc1c(C)n(C(C)C)c(=[N+]=c2n(C3CCCCC3)c(C)c(C)n2C2CCCCC2)n1C(C)C. The Morgan fingerprint density at radius 1 is 0.545 bits per heavy atom. The molecule has 184 valence electrons. The summed E-state index contributed by atoms with van der Waals surface area (Å²) in [5.74, 6) is 0. The molecule has 0 spiro atoms. The summed E-state index contributed by atoms with van der Waals surface area (Å²) in [5.41, 5.74) is 7.86. The number of rotatable bonds is 4. The van der Waals surface area contributed by atoms with Gasteiger partial charge in [0.2, 0.25) is 0 Å². The summed E-state index contributed by atoms with van der Waals surface area (Å²) >= 11 is 0. The molecule has 4 rings (SSSR count). The number of hydrogen-bond donors (Lipinski definition) is 0. The molecule has 2 saturated carbocycles. The van der Waals surface area contributed by atoms with Gasteiger partial charge in [-0.05, 0) is 81.1 Å². The lowest BCUT2D eigenvalue weighted by Crippen LogP contribution is -2.41. The molecule has 5 nitrogen and oxygen atoms in total. The summed E-state index contributed by atoms with van der Waals surface area (Å²) in [5, 5.41) is 0. The standard InChI is InChI=1S/C28H48N5/c1-19(2)30-21(5)22(6)31(20(3)4)27(30)29-28-32(25-15-11-9-12-16-25)23(7)24(8)33(28)26-17-13-10-14-18-26/h19-20,25-26H,9-18H2,1-8H3/q+1. The third kappa shape index (κ3) is 4.34. The molecule has 2 aliphatic carbocycles. The Hall–Kier alpha value is -1.87. The topological polar surface area (TPSA) is 33.8 Å². The van der Waals surface area contributed by atoms with Gasteiger partial charge in [-0.25, -0.2) is 22.9 Å². The molecule has 0 atom stereocenters. The average molecular weight is 455 g/mol. The minimum Gasteiger partial charge on any atom is -0.250 e. The molecule has 2 aromatic rings. The summed E-state index contributed by atoms with van der Waals surface area (Å²) in [6.45, 7) is 18.4. The fraction of sp³-hybridized carbons (Fsp3) is 0.786. The van der Waals surface area contributed by atoms with E-state index >= 15 is 0 Å². The van der Waals surface area contributed by atoms with Gasteiger partial charge < -0.3 is 0 Å². The highest BCUT2D eigenvalue weighted by Gasteiger charge is 2.30. The van der Waals surface area contributed by atoms with E-state index in [1.165, 1.54) is 92.6 Å². The molecule has 0 N–H and O–H groups in total. The van der Waals surface area contributed by atoms with E-state index in [1.807, 2.05) is 0 Å². The van der Waals surface area contributed by atoms with Gasteiger partial charge in [-0.3, -0.25) is 0 Å². The fourth-order valence-electron chi connectivity index (χ4n) is 6.62. The highest BCUT2D eigenvalue weighted by Crippen LogP contribution is 2.32. The second kappa shape index (κ2) is 9.78. The van der Waals surface area contributed by atoms with Gasteiger partial charge in [0.1, 0.15) is 0 Å². The van der Waals surface area contributed by atoms with Gasteiger partial charge in [-0.2, -0.15) is 0 Å². The van der Waals surface area contributed by atoms with Gasteiger partial charge >= 0.3 is 11.2 Å². The van der Waals surface area contributed by atoms with Crippen LogP contribution in [0.15, 0.2) is 0 Å². The maximum Gasteiger partial charge on any atom is 0.383 e. The van der Waals surface area contributed by atoms with E-state index in [-0.39, 0.29) is 0 Å². The van der Waals surface area contributed by atoms with E-state index < -0.39 is 0 Å². The van der Waals surface area contributed by atoms with Crippen LogP contribution >= 0.6 is 0 Å². The van der Waals surface area contributed by atoms with Crippen molar-refractivity contribution in [3.8, 4) is 0 Å². The minimum absolute atomic E-state index is 0.380. The zero-order valence-corrected chi connectivity index (χ0v) is 22.6. The van der Waals surface area contributed by atoms with Crippen LogP contribution in [0.4, 0.5) is 0 Å². The maximum absolute atomic E-state index is 5.65. The van der Waals surface area contributed by atoms with Crippen LogP contribution < -0.4 is 15.9 Å². The Morgan fingerprint density at radius 3 is 1.24 bits per heavy atom. The second-order valence-electron chi connectivity index (χ2n) is 11.3. The number of nitrogens with zero attached hydrogens (tertiary/aromatic N) is 5. The summed E-state index contributed by atoms with van der Waals surface area (Å²) < 4.78 is 15.9. The number of aromatic nitrogens is 4. The third-order valence-electron chi connectivity index (χ3n) is 8.47. The molecule has 2 aromatic heterocycles. The molecule has 2 heterocycles. The molecule has 0 radical (unpaired) electrons. The molecule has 0 unspecified atom stereocenters. The van der Waals surface area contributed by atoms with Crippen molar-refractivity contribution in [2.24, 2.45) is 0 Å². The molecular weight excluding hydrogens is 406 g/mol. The van der Waals surface area contributed by atoms with Crippen molar-refractivity contribution >= 4 is 0 Å².